The summed E-state index contributed by atoms with van der Waals surface area (Å²) in [6.07, 6.45) is 22.6. The van der Waals surface area contributed by atoms with E-state index in [4.69, 9.17) is 18.9 Å². The number of nitrogens with one attached hydrogen (secondary N) is 4. The molecule has 4 amide bonds. The number of amides is 4. The minimum absolute atomic E-state index is 0.100. The molecular weight excluding hydrogens is 905 g/mol. The summed E-state index contributed by atoms with van der Waals surface area (Å²) in [6, 6.07) is 0. The van der Waals surface area contributed by atoms with Crippen LogP contribution >= 0.6 is 0 Å². The summed E-state index contributed by atoms with van der Waals surface area (Å²) in [5.41, 5.74) is 5.59. The van der Waals surface area contributed by atoms with E-state index >= 15 is 0 Å². The van der Waals surface area contributed by atoms with E-state index in [1.54, 1.807) is 0 Å². The first-order chi connectivity index (χ1) is 34.2. The van der Waals surface area contributed by atoms with Gasteiger partial charge < -0.3 is 40.2 Å². The molecule has 392 valence electrons. The smallest absolute Gasteiger partial charge is 0.225 e. The predicted octanol–water partition coefficient (Wildman–Crippen LogP) is 8.93. The van der Waals surface area contributed by atoms with Crippen molar-refractivity contribution in [2.75, 3.05) is 26.4 Å². The molecule has 12 heteroatoms. The van der Waals surface area contributed by atoms with E-state index in [1.165, 1.54) is 99.3 Å². The van der Waals surface area contributed by atoms with Gasteiger partial charge >= 0.3 is 0 Å². The Bertz CT molecular complexity index is 2100. The summed E-state index contributed by atoms with van der Waals surface area (Å²) in [4.78, 5) is 47.0. The monoisotopic (exact) mass is 989 g/mol. The Balaban J connectivity index is 0.0000000933. The third kappa shape index (κ3) is 6.87. The van der Waals surface area contributed by atoms with Gasteiger partial charge in [-0.25, -0.2) is 0 Å². The lowest BCUT2D eigenvalue weighted by Crippen LogP contribution is -2.54. The maximum Gasteiger partial charge on any atom is 0.225 e. The van der Waals surface area contributed by atoms with Crippen LogP contribution in [0.5, 0.6) is 0 Å². The number of rotatable bonds is 0. The first-order valence-electron chi connectivity index (χ1n) is 28.7. The second kappa shape index (κ2) is 16.1. The minimum atomic E-state index is -0.342. The number of ether oxygens (including phenoxy) is 4. The lowest BCUT2D eigenvalue weighted by atomic mass is 9.45. The van der Waals surface area contributed by atoms with Gasteiger partial charge in [0.2, 0.25) is 23.6 Å². The Morgan fingerprint density at radius 3 is 0.736 bits per heavy atom. The average molecular weight is 989 g/mol. The molecule has 12 nitrogen and oxygen atoms in total. The molecule has 0 unspecified atom stereocenters. The molecular formula is C60H84N4O8. The molecule has 8 aliphatic heterocycles. The highest BCUT2D eigenvalue weighted by molar-refractivity contribution is 5.83. The summed E-state index contributed by atoms with van der Waals surface area (Å²) in [5, 5.41) is 12.5. The Hall–Kier alpha value is -3.32. The molecule has 72 heavy (non-hydrogen) atoms. The highest BCUT2D eigenvalue weighted by Gasteiger charge is 2.70. The molecule has 0 aromatic carbocycles. The average Bonchev–Trinajstić information content (AvgIpc) is 4.23. The lowest BCUT2D eigenvalue weighted by molar-refractivity contribution is -0.125. The van der Waals surface area contributed by atoms with Crippen LogP contribution in [-0.4, -0.2) is 73.0 Å². The van der Waals surface area contributed by atoms with Crippen molar-refractivity contribution in [2.24, 2.45) is 92.7 Å². The van der Waals surface area contributed by atoms with E-state index in [0.29, 0.717) is 45.3 Å². The number of fused-ring (bicyclic) bond motifs is 8. The zero-order valence-corrected chi connectivity index (χ0v) is 44.0. The van der Waals surface area contributed by atoms with Crippen molar-refractivity contribution in [3.05, 3.63) is 48.6 Å². The van der Waals surface area contributed by atoms with Crippen LogP contribution in [-0.2, 0) is 38.1 Å². The summed E-state index contributed by atoms with van der Waals surface area (Å²) < 4.78 is 24.4. The molecule has 20 atom stereocenters. The molecule has 12 saturated carbocycles. The maximum absolute atomic E-state index is 11.8. The van der Waals surface area contributed by atoms with Crippen molar-refractivity contribution in [3.63, 3.8) is 0 Å². The Morgan fingerprint density at radius 1 is 0.375 bits per heavy atom. The molecule has 20 rings (SSSR count). The van der Waals surface area contributed by atoms with Crippen molar-refractivity contribution in [1.82, 2.24) is 21.3 Å². The maximum atomic E-state index is 11.8. The standard InChI is InChI=1S/4C15H21NO2/c4*1-9-3-4-11-5-12(9)14(11)7-15(18-8-14)6-10(2)13(17)16-15/h4*10-12H,1,3-8H2,2H3,(H,16,17)/t2*10-,11-,12-,14-,15+;2*10-,11-,12-,14-,15-/m0000/s1. The van der Waals surface area contributed by atoms with Crippen LogP contribution in [0.1, 0.15) is 156 Å². The van der Waals surface area contributed by atoms with Gasteiger partial charge in [-0.05, 0) is 124 Å². The highest BCUT2D eigenvalue weighted by Crippen LogP contribution is 2.71. The zero-order chi connectivity index (χ0) is 50.2. The fraction of sp³-hybridized carbons (Fsp3) is 0.800. The van der Waals surface area contributed by atoms with Crippen LogP contribution in [0, 0.1) is 92.7 Å². The molecule has 4 N–H and O–H groups in total. The molecule has 12 aliphatic carbocycles. The molecule has 0 radical (unpaired) electrons. The fourth-order valence-electron chi connectivity index (χ4n) is 19.9. The SMILES string of the molecule is C=C1CC[C@H]2C[C@@H]1[C@@]21CO[C@@]2(C[C@H](C)C(=O)N2)C1.C=C1CC[C@H]2C[C@@H]1[C@@]21CO[C@@]2(C[C@H](C)C(=O)N2)C1.C=C1CC[C@H]2C[C@@H]1[C@@]21CO[C@]2(C[C@H](C)C(=O)N2)C1.C=C1CC[C@H]2C[C@@H]1[C@@]21CO[C@]2(C[C@H](C)C(=O)N2)C1. The van der Waals surface area contributed by atoms with Crippen LogP contribution < -0.4 is 21.3 Å². The van der Waals surface area contributed by atoms with E-state index in [1.807, 2.05) is 27.7 Å². The molecule has 8 saturated heterocycles. The predicted molar refractivity (Wildman–Crippen MR) is 271 cm³/mol. The summed E-state index contributed by atoms with van der Waals surface area (Å²) in [7, 11) is 0. The quantitative estimate of drug-likeness (QED) is 0.176. The van der Waals surface area contributed by atoms with E-state index in [-0.39, 0.29) is 70.2 Å². The van der Waals surface area contributed by atoms with Crippen molar-refractivity contribution < 1.29 is 38.1 Å². The number of hydrogen-bond donors (Lipinski definition) is 4. The van der Waals surface area contributed by atoms with Crippen molar-refractivity contribution in [2.45, 2.75) is 179 Å². The van der Waals surface area contributed by atoms with Gasteiger partial charge in [0, 0.05) is 96.7 Å². The van der Waals surface area contributed by atoms with E-state index in [9.17, 15) is 19.2 Å². The Labute approximate surface area is 428 Å². The normalized spacial score (nSPS) is 53.9. The van der Waals surface area contributed by atoms with Gasteiger partial charge in [-0.1, -0.05) is 76.3 Å². The highest BCUT2D eigenvalue weighted by atomic mass is 16.5. The van der Waals surface area contributed by atoms with E-state index < -0.39 is 0 Å². The van der Waals surface area contributed by atoms with Gasteiger partial charge in [0.1, 0.15) is 22.9 Å². The number of hydrogen-bond acceptors (Lipinski definition) is 8. The van der Waals surface area contributed by atoms with E-state index in [0.717, 1.165) is 101 Å². The zero-order valence-electron chi connectivity index (χ0n) is 44.0. The molecule has 20 aliphatic rings. The number of allylic oxidation sites excluding steroid dienone is 4. The van der Waals surface area contributed by atoms with Gasteiger partial charge in [0.15, 0.2) is 0 Å². The molecule has 20 fully saturated rings. The first-order valence-corrected chi connectivity index (χ1v) is 28.7. The summed E-state index contributed by atoms with van der Waals surface area (Å²) >= 11 is 0. The third-order valence-electron chi connectivity index (χ3n) is 24.0. The lowest BCUT2D eigenvalue weighted by Gasteiger charge is -2.58. The molecule has 0 aromatic heterocycles. The van der Waals surface area contributed by atoms with Gasteiger partial charge in [-0.3, -0.25) is 19.2 Å². The second-order valence-electron chi connectivity index (χ2n) is 27.9. The second-order valence-corrected chi connectivity index (χ2v) is 27.9. The van der Waals surface area contributed by atoms with Gasteiger partial charge in [0.05, 0.1) is 26.4 Å². The first kappa shape index (κ1) is 48.3. The number of carbonyl (C=O) groups excluding carboxylic acids is 4. The van der Waals surface area contributed by atoms with Crippen LogP contribution in [0.4, 0.5) is 0 Å². The van der Waals surface area contributed by atoms with E-state index in [2.05, 4.69) is 47.6 Å². The molecule has 0 aromatic rings. The number of carbonyl (C=O) groups is 4. The van der Waals surface area contributed by atoms with Crippen LogP contribution in [0.15, 0.2) is 48.6 Å². The van der Waals surface area contributed by atoms with Gasteiger partial charge in [-0.2, -0.15) is 0 Å². The molecule has 8 heterocycles. The molecule has 8 bridgehead atoms. The minimum Gasteiger partial charge on any atom is -0.355 e. The summed E-state index contributed by atoms with van der Waals surface area (Å²) in [6.45, 7) is 28.3. The fourth-order valence-corrected chi connectivity index (χ4v) is 19.9. The van der Waals surface area contributed by atoms with Crippen molar-refractivity contribution in [3.8, 4) is 0 Å². The van der Waals surface area contributed by atoms with Gasteiger partial charge in [-0.15, -0.1) is 0 Å². The van der Waals surface area contributed by atoms with Crippen LogP contribution in [0.3, 0.4) is 0 Å². The van der Waals surface area contributed by atoms with Crippen molar-refractivity contribution in [1.29, 1.82) is 0 Å². The van der Waals surface area contributed by atoms with Gasteiger partial charge in [0.25, 0.3) is 0 Å². The Morgan fingerprint density at radius 2 is 0.583 bits per heavy atom. The Kier molecular flexibility index (Phi) is 10.8. The largest absolute Gasteiger partial charge is 0.355 e. The van der Waals surface area contributed by atoms with Crippen LogP contribution in [0.25, 0.3) is 0 Å². The summed E-state index contributed by atoms with van der Waals surface area (Å²) in [5.74, 6) is 6.90. The molecule has 8 spiro atoms. The topological polar surface area (TPSA) is 153 Å². The van der Waals surface area contributed by atoms with Crippen LogP contribution in [0.2, 0.25) is 0 Å². The van der Waals surface area contributed by atoms with Crippen molar-refractivity contribution >= 4 is 23.6 Å². The third-order valence-corrected chi connectivity index (χ3v) is 24.0.